The first-order chi connectivity index (χ1) is 9.77. The lowest BCUT2D eigenvalue weighted by Crippen LogP contribution is -2.10. The number of aromatic nitrogens is 2. The fourth-order valence-electron chi connectivity index (χ4n) is 1.46. The van der Waals surface area contributed by atoms with E-state index >= 15 is 0 Å². The number of halogens is 5. The van der Waals surface area contributed by atoms with Crippen molar-refractivity contribution in [3.8, 4) is 6.01 Å². The summed E-state index contributed by atoms with van der Waals surface area (Å²) in [5, 5.41) is 0. The summed E-state index contributed by atoms with van der Waals surface area (Å²) in [6, 6.07) is 2.12. The van der Waals surface area contributed by atoms with E-state index < -0.39 is 29.2 Å². The minimum Gasteiger partial charge on any atom is -0.459 e. The van der Waals surface area contributed by atoms with Gasteiger partial charge in [-0.2, -0.15) is 18.2 Å². The zero-order valence-electron chi connectivity index (χ0n) is 10.3. The van der Waals surface area contributed by atoms with E-state index in [0.717, 1.165) is 12.3 Å². The van der Waals surface area contributed by atoms with Crippen molar-refractivity contribution < 1.29 is 26.7 Å². The molecule has 0 radical (unpaired) electrons. The maximum atomic E-state index is 13.1. The molecule has 0 fully saturated rings. The van der Waals surface area contributed by atoms with E-state index in [1.54, 1.807) is 0 Å². The quantitative estimate of drug-likeness (QED) is 0.886. The average molecular weight is 305 g/mol. The summed E-state index contributed by atoms with van der Waals surface area (Å²) < 4.78 is 68.5. The van der Waals surface area contributed by atoms with Crippen molar-refractivity contribution in [2.45, 2.75) is 12.8 Å². The van der Waals surface area contributed by atoms with Gasteiger partial charge in [-0.3, -0.25) is 0 Å². The van der Waals surface area contributed by atoms with E-state index in [1.807, 2.05) is 0 Å². The second-order valence-corrected chi connectivity index (χ2v) is 3.99. The molecule has 0 saturated heterocycles. The van der Waals surface area contributed by atoms with Gasteiger partial charge in [0.1, 0.15) is 12.4 Å². The largest absolute Gasteiger partial charge is 0.459 e. The first-order valence-corrected chi connectivity index (χ1v) is 5.54. The molecule has 2 N–H and O–H groups in total. The molecule has 1 aromatic carbocycles. The van der Waals surface area contributed by atoms with E-state index in [0.29, 0.717) is 12.1 Å². The molecule has 0 aliphatic carbocycles. The van der Waals surface area contributed by atoms with Crippen LogP contribution in [-0.2, 0) is 12.8 Å². The highest BCUT2D eigenvalue weighted by molar-refractivity contribution is 5.30. The van der Waals surface area contributed by atoms with Gasteiger partial charge < -0.3 is 10.5 Å². The third-order valence-electron chi connectivity index (χ3n) is 2.45. The van der Waals surface area contributed by atoms with Crippen LogP contribution in [0.15, 0.2) is 24.4 Å². The van der Waals surface area contributed by atoms with Crippen molar-refractivity contribution in [3.05, 3.63) is 47.2 Å². The molecule has 9 heteroatoms. The van der Waals surface area contributed by atoms with Gasteiger partial charge in [0.2, 0.25) is 0 Å². The van der Waals surface area contributed by atoms with Crippen molar-refractivity contribution in [2.24, 2.45) is 0 Å². The minimum absolute atomic E-state index is 0.0511. The number of ether oxygens (including phenoxy) is 1. The van der Waals surface area contributed by atoms with Gasteiger partial charge in [-0.1, -0.05) is 6.07 Å². The number of anilines is 1. The lowest BCUT2D eigenvalue weighted by atomic mass is 10.1. The van der Waals surface area contributed by atoms with Gasteiger partial charge >= 0.3 is 12.2 Å². The molecule has 0 bridgehead atoms. The zero-order valence-corrected chi connectivity index (χ0v) is 10.3. The number of benzene rings is 1. The van der Waals surface area contributed by atoms with Crippen molar-refractivity contribution in [1.29, 1.82) is 0 Å². The number of rotatable bonds is 3. The van der Waals surface area contributed by atoms with Crippen LogP contribution in [0, 0.1) is 11.6 Å². The highest BCUT2D eigenvalue weighted by Crippen LogP contribution is 2.32. The van der Waals surface area contributed by atoms with Crippen LogP contribution in [0.4, 0.5) is 27.8 Å². The Bertz CT molecular complexity index is 660. The molecule has 1 aromatic heterocycles. The van der Waals surface area contributed by atoms with Crippen LogP contribution in [0.3, 0.4) is 0 Å². The van der Waals surface area contributed by atoms with Crippen molar-refractivity contribution in [3.63, 3.8) is 0 Å². The first kappa shape index (κ1) is 14.9. The maximum Gasteiger partial charge on any atom is 0.419 e. The second-order valence-electron chi connectivity index (χ2n) is 3.99. The minimum atomic E-state index is -4.81. The maximum absolute atomic E-state index is 13.1. The molecular weight excluding hydrogens is 297 g/mol. The second kappa shape index (κ2) is 5.51. The number of nitrogens with zero attached hydrogens (tertiary/aromatic N) is 2. The molecule has 4 nitrogen and oxygen atoms in total. The summed E-state index contributed by atoms with van der Waals surface area (Å²) in [7, 11) is 0. The lowest BCUT2D eigenvalue weighted by Gasteiger charge is -2.10. The van der Waals surface area contributed by atoms with Crippen molar-refractivity contribution in [2.75, 3.05) is 5.73 Å². The lowest BCUT2D eigenvalue weighted by molar-refractivity contribution is -0.140. The topological polar surface area (TPSA) is 61.0 Å². The van der Waals surface area contributed by atoms with Crippen molar-refractivity contribution in [1.82, 2.24) is 9.97 Å². The zero-order chi connectivity index (χ0) is 15.6. The number of nitrogen functional groups attached to an aromatic ring is 1. The van der Waals surface area contributed by atoms with Crippen LogP contribution in [-0.4, -0.2) is 9.97 Å². The average Bonchev–Trinajstić information content (AvgIpc) is 2.40. The Labute approximate surface area is 115 Å². The molecular formula is C12H8F5N3O. The van der Waals surface area contributed by atoms with Gasteiger partial charge in [-0.15, -0.1) is 0 Å². The highest BCUT2D eigenvalue weighted by Gasteiger charge is 2.34. The van der Waals surface area contributed by atoms with Crippen LogP contribution in [0.5, 0.6) is 6.01 Å². The van der Waals surface area contributed by atoms with Crippen LogP contribution >= 0.6 is 0 Å². The molecule has 0 unspecified atom stereocenters. The first-order valence-electron chi connectivity index (χ1n) is 5.54. The molecule has 2 aromatic rings. The van der Waals surface area contributed by atoms with E-state index in [-0.39, 0.29) is 18.2 Å². The number of alkyl halides is 3. The summed E-state index contributed by atoms with van der Waals surface area (Å²) in [6.07, 6.45) is -4.04. The Kier molecular flexibility index (Phi) is 3.92. The smallest absolute Gasteiger partial charge is 0.419 e. The van der Waals surface area contributed by atoms with Gasteiger partial charge in [0.05, 0.1) is 11.8 Å². The van der Waals surface area contributed by atoms with Crippen molar-refractivity contribution >= 4 is 5.82 Å². The van der Waals surface area contributed by atoms with E-state index in [9.17, 15) is 22.0 Å². The molecule has 112 valence electrons. The molecule has 0 aliphatic rings. The Balaban J connectivity index is 2.15. The summed E-state index contributed by atoms with van der Waals surface area (Å²) in [6.45, 7) is -0.353. The van der Waals surface area contributed by atoms with E-state index in [4.69, 9.17) is 10.5 Å². The molecule has 2 rings (SSSR count). The number of hydrogen-bond acceptors (Lipinski definition) is 4. The SMILES string of the molecule is Nc1nc(OCc2ccc(F)c(C(F)(F)F)c2)ncc1F. The van der Waals surface area contributed by atoms with E-state index in [2.05, 4.69) is 9.97 Å². The fourth-order valence-corrected chi connectivity index (χ4v) is 1.46. The third-order valence-corrected chi connectivity index (χ3v) is 2.45. The predicted octanol–water partition coefficient (Wildman–Crippen LogP) is 2.93. The molecule has 0 amide bonds. The Morgan fingerprint density at radius 2 is 1.86 bits per heavy atom. The van der Waals surface area contributed by atoms with Gasteiger partial charge in [-0.05, 0) is 17.7 Å². The molecule has 1 heterocycles. The number of nitrogens with two attached hydrogens (primary N) is 1. The normalized spacial score (nSPS) is 11.5. The summed E-state index contributed by atoms with van der Waals surface area (Å²) in [5.74, 6) is -2.67. The Morgan fingerprint density at radius 3 is 2.48 bits per heavy atom. The van der Waals surface area contributed by atoms with Crippen LogP contribution < -0.4 is 10.5 Å². The summed E-state index contributed by atoms with van der Waals surface area (Å²) in [5.41, 5.74) is 3.84. The monoisotopic (exact) mass is 305 g/mol. The molecule has 0 aliphatic heterocycles. The summed E-state index contributed by atoms with van der Waals surface area (Å²) in [4.78, 5) is 6.91. The standard InChI is InChI=1S/C12H8F5N3O/c13-8-2-1-6(3-7(8)12(15,16)17)5-21-11-19-4-9(14)10(18)20-11/h1-4H,5H2,(H2,18,19,20). The predicted molar refractivity (Wildman–Crippen MR) is 62.1 cm³/mol. The van der Waals surface area contributed by atoms with E-state index in [1.165, 1.54) is 0 Å². The molecule has 0 atom stereocenters. The van der Waals surface area contributed by atoms with Crippen LogP contribution in [0.25, 0.3) is 0 Å². The fraction of sp³-hybridized carbons (Fsp3) is 0.167. The summed E-state index contributed by atoms with van der Waals surface area (Å²) >= 11 is 0. The van der Waals surface area contributed by atoms with Crippen LogP contribution in [0.1, 0.15) is 11.1 Å². The number of hydrogen-bond donors (Lipinski definition) is 1. The van der Waals surface area contributed by atoms with Gasteiger partial charge in [-0.25, -0.2) is 13.8 Å². The Morgan fingerprint density at radius 1 is 1.14 bits per heavy atom. The molecule has 0 spiro atoms. The third kappa shape index (κ3) is 3.56. The van der Waals surface area contributed by atoms with Gasteiger partial charge in [0.25, 0.3) is 0 Å². The van der Waals surface area contributed by atoms with Crippen LogP contribution in [0.2, 0.25) is 0 Å². The van der Waals surface area contributed by atoms with Gasteiger partial charge in [0, 0.05) is 0 Å². The Hall–Kier alpha value is -2.45. The molecule has 0 saturated carbocycles. The van der Waals surface area contributed by atoms with Gasteiger partial charge in [0.15, 0.2) is 11.6 Å². The molecule has 21 heavy (non-hydrogen) atoms. The highest BCUT2D eigenvalue weighted by atomic mass is 19.4.